The molecule has 1 unspecified atom stereocenters. The van der Waals surface area contributed by atoms with Crippen LogP contribution >= 0.6 is 11.3 Å². The van der Waals surface area contributed by atoms with Crippen LogP contribution in [0.4, 0.5) is 0 Å². The SMILES string of the molecule is COc1ccc(C(=O)N/C(=C\c2cccs2)C(=O)NC(C)COc2ccccc2C)cc1. The molecule has 1 atom stereocenters. The van der Waals surface area contributed by atoms with Gasteiger partial charge in [0, 0.05) is 10.4 Å². The van der Waals surface area contributed by atoms with E-state index in [0.717, 1.165) is 16.2 Å². The van der Waals surface area contributed by atoms with Gasteiger partial charge in [-0.2, -0.15) is 0 Å². The molecule has 2 N–H and O–H groups in total. The van der Waals surface area contributed by atoms with Crippen molar-refractivity contribution < 1.29 is 19.1 Å². The zero-order chi connectivity index (χ0) is 22.9. The number of aryl methyl sites for hydroxylation is 1. The first kappa shape index (κ1) is 23.1. The van der Waals surface area contributed by atoms with Crippen LogP contribution in [0.1, 0.15) is 27.7 Å². The summed E-state index contributed by atoms with van der Waals surface area (Å²) >= 11 is 1.48. The zero-order valence-electron chi connectivity index (χ0n) is 18.3. The van der Waals surface area contributed by atoms with E-state index < -0.39 is 0 Å². The monoisotopic (exact) mass is 450 g/mol. The Hall–Kier alpha value is -3.58. The van der Waals surface area contributed by atoms with Crippen LogP contribution in [0, 0.1) is 6.92 Å². The summed E-state index contributed by atoms with van der Waals surface area (Å²) in [6.45, 7) is 4.12. The first-order valence-electron chi connectivity index (χ1n) is 10.2. The predicted octanol–water partition coefficient (Wildman–Crippen LogP) is 4.42. The number of para-hydroxylation sites is 1. The molecule has 3 rings (SSSR count). The van der Waals surface area contributed by atoms with Crippen molar-refractivity contribution in [1.29, 1.82) is 0 Å². The summed E-state index contributed by atoms with van der Waals surface area (Å²) in [6, 6.07) is 17.9. The fourth-order valence-corrected chi connectivity index (χ4v) is 3.54. The van der Waals surface area contributed by atoms with Gasteiger partial charge in [-0.3, -0.25) is 9.59 Å². The summed E-state index contributed by atoms with van der Waals surface area (Å²) in [7, 11) is 1.56. The molecule has 7 heteroatoms. The van der Waals surface area contributed by atoms with Gasteiger partial charge in [0.05, 0.1) is 13.2 Å². The minimum atomic E-state index is -0.388. The molecule has 0 radical (unpaired) electrons. The molecule has 0 spiro atoms. The Kier molecular flexibility index (Phi) is 8.05. The van der Waals surface area contributed by atoms with E-state index in [1.807, 2.05) is 55.6 Å². The maximum atomic E-state index is 13.0. The van der Waals surface area contributed by atoms with Gasteiger partial charge in [0.15, 0.2) is 0 Å². The van der Waals surface area contributed by atoms with Crippen LogP contribution in [0.5, 0.6) is 11.5 Å². The predicted molar refractivity (Wildman–Crippen MR) is 127 cm³/mol. The third-order valence-electron chi connectivity index (χ3n) is 4.63. The second kappa shape index (κ2) is 11.2. The topological polar surface area (TPSA) is 76.7 Å². The number of carbonyl (C=O) groups is 2. The van der Waals surface area contributed by atoms with E-state index in [1.54, 1.807) is 37.5 Å². The Morgan fingerprint density at radius 1 is 1.06 bits per heavy atom. The van der Waals surface area contributed by atoms with Crippen molar-refractivity contribution in [1.82, 2.24) is 10.6 Å². The number of nitrogens with one attached hydrogen (secondary N) is 2. The van der Waals surface area contributed by atoms with Crippen LogP contribution in [0.2, 0.25) is 0 Å². The average Bonchev–Trinajstić information content (AvgIpc) is 3.31. The fraction of sp³-hybridized carbons (Fsp3) is 0.200. The third kappa shape index (κ3) is 6.46. The first-order valence-corrected chi connectivity index (χ1v) is 11.0. The zero-order valence-corrected chi connectivity index (χ0v) is 19.1. The molecule has 166 valence electrons. The Balaban J connectivity index is 1.68. The largest absolute Gasteiger partial charge is 0.497 e. The van der Waals surface area contributed by atoms with Gasteiger partial charge in [-0.25, -0.2) is 0 Å². The molecule has 6 nitrogen and oxygen atoms in total. The number of hydrogen-bond acceptors (Lipinski definition) is 5. The summed E-state index contributed by atoms with van der Waals surface area (Å²) in [5.74, 6) is 0.655. The number of rotatable bonds is 9. The van der Waals surface area contributed by atoms with Crippen LogP contribution in [0.15, 0.2) is 71.7 Å². The molecular formula is C25H26N2O4S. The molecule has 0 fully saturated rings. The van der Waals surface area contributed by atoms with Crippen molar-refractivity contribution in [2.24, 2.45) is 0 Å². The van der Waals surface area contributed by atoms with E-state index in [9.17, 15) is 9.59 Å². The number of benzene rings is 2. The average molecular weight is 451 g/mol. The molecule has 0 aliphatic rings. The van der Waals surface area contributed by atoms with E-state index in [2.05, 4.69) is 10.6 Å². The van der Waals surface area contributed by atoms with E-state index in [0.29, 0.717) is 17.9 Å². The van der Waals surface area contributed by atoms with Gasteiger partial charge >= 0.3 is 0 Å². The van der Waals surface area contributed by atoms with Crippen molar-refractivity contribution in [3.63, 3.8) is 0 Å². The standard InChI is InChI=1S/C25H26N2O4S/c1-17-7-4-5-9-23(17)31-16-18(2)26-25(29)22(15-21-8-6-14-32-21)27-24(28)19-10-12-20(30-3)13-11-19/h4-15,18H,16H2,1-3H3,(H,26,29)(H,27,28)/b22-15-. The fourth-order valence-electron chi connectivity index (χ4n) is 2.89. The van der Waals surface area contributed by atoms with Gasteiger partial charge in [0.25, 0.3) is 11.8 Å². The van der Waals surface area contributed by atoms with Gasteiger partial charge < -0.3 is 20.1 Å². The van der Waals surface area contributed by atoms with E-state index in [1.165, 1.54) is 11.3 Å². The maximum Gasteiger partial charge on any atom is 0.268 e. The highest BCUT2D eigenvalue weighted by atomic mass is 32.1. The Morgan fingerprint density at radius 2 is 1.81 bits per heavy atom. The second-order valence-corrected chi connectivity index (χ2v) is 8.19. The second-order valence-electron chi connectivity index (χ2n) is 7.21. The summed E-state index contributed by atoms with van der Waals surface area (Å²) in [6.07, 6.45) is 1.66. The lowest BCUT2D eigenvalue weighted by molar-refractivity contribution is -0.118. The smallest absolute Gasteiger partial charge is 0.268 e. The molecule has 0 saturated carbocycles. The number of thiophene rings is 1. The van der Waals surface area contributed by atoms with Crippen LogP contribution < -0.4 is 20.1 Å². The van der Waals surface area contributed by atoms with Gasteiger partial charge in [0.1, 0.15) is 23.8 Å². The number of methoxy groups -OCH3 is 1. The lowest BCUT2D eigenvalue weighted by Crippen LogP contribution is -2.41. The van der Waals surface area contributed by atoms with Crippen LogP contribution in [-0.2, 0) is 4.79 Å². The quantitative estimate of drug-likeness (QED) is 0.473. The Labute approximate surface area is 191 Å². The highest BCUT2D eigenvalue weighted by molar-refractivity contribution is 7.10. The van der Waals surface area contributed by atoms with Crippen molar-refractivity contribution in [3.05, 3.63) is 87.7 Å². The van der Waals surface area contributed by atoms with Crippen LogP contribution in [0.25, 0.3) is 6.08 Å². The number of amides is 2. The summed E-state index contributed by atoms with van der Waals surface area (Å²) in [5.41, 5.74) is 1.61. The summed E-state index contributed by atoms with van der Waals surface area (Å²) < 4.78 is 11.0. The number of carbonyl (C=O) groups excluding carboxylic acids is 2. The maximum absolute atomic E-state index is 13.0. The minimum absolute atomic E-state index is 0.163. The van der Waals surface area contributed by atoms with E-state index >= 15 is 0 Å². The molecule has 1 heterocycles. The van der Waals surface area contributed by atoms with Crippen molar-refractivity contribution >= 4 is 29.2 Å². The molecule has 2 amide bonds. The summed E-state index contributed by atoms with van der Waals surface area (Å²) in [5, 5.41) is 7.54. The van der Waals surface area contributed by atoms with Gasteiger partial charge in [0.2, 0.25) is 0 Å². The third-order valence-corrected chi connectivity index (χ3v) is 5.45. The highest BCUT2D eigenvalue weighted by Crippen LogP contribution is 2.17. The molecule has 32 heavy (non-hydrogen) atoms. The molecule has 0 aliphatic heterocycles. The molecule has 3 aromatic rings. The van der Waals surface area contributed by atoms with Crippen molar-refractivity contribution in [2.75, 3.05) is 13.7 Å². The summed E-state index contributed by atoms with van der Waals surface area (Å²) in [4.78, 5) is 26.5. The minimum Gasteiger partial charge on any atom is -0.497 e. The lowest BCUT2D eigenvalue weighted by Gasteiger charge is -2.17. The number of ether oxygens (including phenoxy) is 2. The Bertz CT molecular complexity index is 1080. The van der Waals surface area contributed by atoms with Crippen LogP contribution in [-0.4, -0.2) is 31.6 Å². The Morgan fingerprint density at radius 3 is 2.47 bits per heavy atom. The molecular weight excluding hydrogens is 424 g/mol. The molecule has 1 aromatic heterocycles. The van der Waals surface area contributed by atoms with Crippen molar-refractivity contribution in [2.45, 2.75) is 19.9 Å². The normalized spacial score (nSPS) is 12.0. The van der Waals surface area contributed by atoms with Crippen molar-refractivity contribution in [3.8, 4) is 11.5 Å². The van der Waals surface area contributed by atoms with Gasteiger partial charge in [-0.05, 0) is 67.3 Å². The van der Waals surface area contributed by atoms with Gasteiger partial charge in [-0.1, -0.05) is 24.3 Å². The molecule has 0 bridgehead atoms. The molecule has 0 aliphatic carbocycles. The highest BCUT2D eigenvalue weighted by Gasteiger charge is 2.17. The molecule has 0 saturated heterocycles. The molecule has 2 aromatic carbocycles. The number of hydrogen-bond donors (Lipinski definition) is 2. The van der Waals surface area contributed by atoms with Gasteiger partial charge in [-0.15, -0.1) is 11.3 Å². The first-order chi connectivity index (χ1) is 15.5. The lowest BCUT2D eigenvalue weighted by atomic mass is 10.2. The van der Waals surface area contributed by atoms with E-state index in [-0.39, 0.29) is 23.6 Å². The van der Waals surface area contributed by atoms with E-state index in [4.69, 9.17) is 9.47 Å². The van der Waals surface area contributed by atoms with Crippen LogP contribution in [0.3, 0.4) is 0 Å².